The number of carbonyl (C=O) groups is 1. The Kier molecular flexibility index (Phi) is 2.37. The van der Waals surface area contributed by atoms with Crippen LogP contribution in [-0.4, -0.2) is 25.1 Å². The molecule has 0 aliphatic heterocycles. The highest BCUT2D eigenvalue weighted by atomic mass is 16.1. The van der Waals surface area contributed by atoms with Crippen LogP contribution in [0.5, 0.6) is 0 Å². The highest BCUT2D eigenvalue weighted by molar-refractivity contribution is 6.07. The van der Waals surface area contributed by atoms with E-state index in [1.807, 2.05) is 14.0 Å². The van der Waals surface area contributed by atoms with Gasteiger partial charge < -0.3 is 4.57 Å². The Balaban J connectivity index is 2.28. The third kappa shape index (κ3) is 1.81. The molecular weight excluding hydrogens is 192 g/mol. The first kappa shape index (κ1) is 9.64. The maximum Gasteiger partial charge on any atom is 0.216 e. The lowest BCUT2D eigenvalue weighted by atomic mass is 10.2. The van der Waals surface area contributed by atoms with Crippen LogP contribution in [-0.2, 0) is 13.6 Å². The Hall–Kier alpha value is -1.91. The fourth-order valence-electron chi connectivity index (χ4n) is 1.33. The highest BCUT2D eigenvalue weighted by Crippen LogP contribution is 2.06. The number of nitrogens with zero attached hydrogens (tertiary/aromatic N) is 4. The Bertz CT molecular complexity index is 483. The molecule has 78 valence electrons. The molecule has 0 radical (unpaired) electrons. The maximum atomic E-state index is 11.9. The van der Waals surface area contributed by atoms with E-state index in [9.17, 15) is 4.79 Å². The van der Waals surface area contributed by atoms with Gasteiger partial charge in [-0.15, -0.1) is 0 Å². The van der Waals surface area contributed by atoms with E-state index in [0.29, 0.717) is 11.3 Å². The molecule has 2 aromatic rings. The van der Waals surface area contributed by atoms with Gasteiger partial charge in [-0.3, -0.25) is 9.48 Å². The van der Waals surface area contributed by atoms with Crippen LogP contribution in [0.25, 0.3) is 0 Å². The number of rotatable bonds is 3. The van der Waals surface area contributed by atoms with Crippen molar-refractivity contribution in [3.63, 3.8) is 0 Å². The van der Waals surface area contributed by atoms with Crippen molar-refractivity contribution in [1.82, 2.24) is 19.3 Å². The summed E-state index contributed by atoms with van der Waals surface area (Å²) in [6.45, 7) is 2.73. The molecule has 0 spiro atoms. The molecule has 15 heavy (non-hydrogen) atoms. The summed E-state index contributed by atoms with van der Waals surface area (Å²) in [5.74, 6) is -0.0877. The number of imidazole rings is 1. The zero-order chi connectivity index (χ0) is 10.8. The lowest BCUT2D eigenvalue weighted by Gasteiger charge is -1.92. The van der Waals surface area contributed by atoms with Crippen LogP contribution in [0, 0.1) is 0 Å². The molecule has 0 saturated carbocycles. The summed E-state index contributed by atoms with van der Waals surface area (Å²) in [7, 11) is 1.83. The van der Waals surface area contributed by atoms with Crippen molar-refractivity contribution in [2.75, 3.05) is 0 Å². The summed E-state index contributed by atoms with van der Waals surface area (Å²) in [4.78, 5) is 15.9. The van der Waals surface area contributed by atoms with Gasteiger partial charge in [0.2, 0.25) is 5.78 Å². The number of aryl methyl sites for hydroxylation is 2. The van der Waals surface area contributed by atoms with Crippen molar-refractivity contribution in [3.8, 4) is 0 Å². The summed E-state index contributed by atoms with van der Waals surface area (Å²) >= 11 is 0. The minimum absolute atomic E-state index is 0.0877. The van der Waals surface area contributed by atoms with E-state index < -0.39 is 0 Å². The van der Waals surface area contributed by atoms with Gasteiger partial charge in [-0.25, -0.2) is 4.98 Å². The summed E-state index contributed by atoms with van der Waals surface area (Å²) in [6, 6.07) is 0. The van der Waals surface area contributed by atoms with E-state index >= 15 is 0 Å². The lowest BCUT2D eigenvalue weighted by molar-refractivity contribution is 0.103. The van der Waals surface area contributed by atoms with Crippen LogP contribution >= 0.6 is 0 Å². The topological polar surface area (TPSA) is 52.7 Å². The summed E-state index contributed by atoms with van der Waals surface area (Å²) in [5, 5.41) is 4.05. The van der Waals surface area contributed by atoms with E-state index in [1.54, 1.807) is 34.2 Å². The van der Waals surface area contributed by atoms with E-state index in [0.717, 1.165) is 6.54 Å². The first-order chi connectivity index (χ1) is 7.20. The monoisotopic (exact) mass is 204 g/mol. The van der Waals surface area contributed by atoms with E-state index in [2.05, 4.69) is 10.1 Å². The molecule has 0 aliphatic carbocycles. The quantitative estimate of drug-likeness (QED) is 0.697. The predicted octanol–water partition coefficient (Wildman–Crippen LogP) is 0.867. The van der Waals surface area contributed by atoms with Gasteiger partial charge in [0.1, 0.15) is 5.69 Å². The number of aromatic nitrogens is 4. The predicted molar refractivity (Wildman–Crippen MR) is 54.5 cm³/mol. The van der Waals surface area contributed by atoms with Gasteiger partial charge >= 0.3 is 0 Å². The van der Waals surface area contributed by atoms with Crippen molar-refractivity contribution in [2.24, 2.45) is 7.05 Å². The Labute approximate surface area is 87.4 Å². The van der Waals surface area contributed by atoms with E-state index in [1.165, 1.54) is 0 Å². The second-order valence-electron chi connectivity index (χ2n) is 3.34. The largest absolute Gasteiger partial charge is 0.340 e. The SMILES string of the molecule is CCn1cc(C(=O)c2cn(C)cn2)cn1. The molecule has 2 rings (SSSR count). The minimum Gasteiger partial charge on any atom is -0.340 e. The van der Waals surface area contributed by atoms with Crippen molar-refractivity contribution >= 4 is 5.78 Å². The van der Waals surface area contributed by atoms with Gasteiger partial charge in [-0.2, -0.15) is 5.10 Å². The van der Waals surface area contributed by atoms with E-state index in [4.69, 9.17) is 0 Å². The lowest BCUT2D eigenvalue weighted by Crippen LogP contribution is -2.00. The zero-order valence-corrected chi connectivity index (χ0v) is 8.71. The molecule has 0 fully saturated rings. The molecule has 0 bridgehead atoms. The van der Waals surface area contributed by atoms with Crippen LogP contribution in [0.1, 0.15) is 23.0 Å². The smallest absolute Gasteiger partial charge is 0.216 e. The summed E-state index contributed by atoms with van der Waals surface area (Å²) < 4.78 is 3.47. The highest BCUT2D eigenvalue weighted by Gasteiger charge is 2.13. The van der Waals surface area contributed by atoms with Crippen LogP contribution < -0.4 is 0 Å². The second-order valence-corrected chi connectivity index (χ2v) is 3.34. The van der Waals surface area contributed by atoms with Crippen molar-refractivity contribution in [1.29, 1.82) is 0 Å². The van der Waals surface area contributed by atoms with Gasteiger partial charge in [0.15, 0.2) is 0 Å². The standard InChI is InChI=1S/C10H12N4O/c1-3-14-5-8(4-12-14)10(15)9-6-13(2)7-11-9/h4-7H,3H2,1-2H3. The van der Waals surface area contributed by atoms with Crippen LogP contribution in [0.4, 0.5) is 0 Å². The molecule has 0 aromatic carbocycles. The molecule has 2 aromatic heterocycles. The second kappa shape index (κ2) is 3.68. The molecule has 0 atom stereocenters. The Morgan fingerprint density at radius 3 is 2.80 bits per heavy atom. The summed E-state index contributed by atoms with van der Waals surface area (Å²) in [5.41, 5.74) is 1.03. The van der Waals surface area contributed by atoms with Gasteiger partial charge in [-0.1, -0.05) is 0 Å². The average molecular weight is 204 g/mol. The van der Waals surface area contributed by atoms with Crippen molar-refractivity contribution in [3.05, 3.63) is 36.2 Å². The molecule has 5 nitrogen and oxygen atoms in total. The molecule has 5 heteroatoms. The maximum absolute atomic E-state index is 11.9. The molecule has 0 aliphatic rings. The molecule has 0 amide bonds. The minimum atomic E-state index is -0.0877. The first-order valence-electron chi connectivity index (χ1n) is 4.76. The first-order valence-corrected chi connectivity index (χ1v) is 4.76. The van der Waals surface area contributed by atoms with Crippen LogP contribution in [0.3, 0.4) is 0 Å². The number of hydrogen-bond acceptors (Lipinski definition) is 3. The van der Waals surface area contributed by atoms with Gasteiger partial charge in [0.05, 0.1) is 18.1 Å². The van der Waals surface area contributed by atoms with Gasteiger partial charge in [0, 0.05) is 26.0 Å². The molecule has 0 N–H and O–H groups in total. The fraction of sp³-hybridized carbons (Fsp3) is 0.300. The van der Waals surface area contributed by atoms with E-state index in [-0.39, 0.29) is 5.78 Å². The van der Waals surface area contributed by atoms with Crippen LogP contribution in [0.2, 0.25) is 0 Å². The fourth-order valence-corrected chi connectivity index (χ4v) is 1.33. The van der Waals surface area contributed by atoms with Gasteiger partial charge in [-0.05, 0) is 6.92 Å². The molecule has 0 saturated heterocycles. The number of hydrogen-bond donors (Lipinski definition) is 0. The normalized spacial score (nSPS) is 10.5. The third-order valence-electron chi connectivity index (χ3n) is 2.16. The van der Waals surface area contributed by atoms with Crippen molar-refractivity contribution < 1.29 is 4.79 Å². The zero-order valence-electron chi connectivity index (χ0n) is 8.71. The van der Waals surface area contributed by atoms with Crippen molar-refractivity contribution in [2.45, 2.75) is 13.5 Å². The summed E-state index contributed by atoms with van der Waals surface area (Å²) in [6.07, 6.45) is 6.61. The van der Waals surface area contributed by atoms with Crippen LogP contribution in [0.15, 0.2) is 24.9 Å². The number of ketones is 1. The van der Waals surface area contributed by atoms with Gasteiger partial charge in [0.25, 0.3) is 0 Å². The Morgan fingerprint density at radius 2 is 2.27 bits per heavy atom. The molecule has 0 unspecified atom stereocenters. The Morgan fingerprint density at radius 1 is 1.47 bits per heavy atom. The molecular formula is C10H12N4O. The number of carbonyl (C=O) groups excluding carboxylic acids is 1. The third-order valence-corrected chi connectivity index (χ3v) is 2.16. The average Bonchev–Trinajstić information content (AvgIpc) is 2.84. The molecule has 2 heterocycles.